The van der Waals surface area contributed by atoms with Crippen molar-refractivity contribution in [1.29, 1.82) is 0 Å². The molecule has 0 aromatic rings. The molecule has 0 aromatic carbocycles. The van der Waals surface area contributed by atoms with Crippen molar-refractivity contribution in [3.8, 4) is 0 Å². The minimum absolute atomic E-state index is 0.700. The van der Waals surface area contributed by atoms with Crippen LogP contribution in [0.3, 0.4) is 0 Å². The number of hydrogen-bond donors (Lipinski definition) is 1. The predicted octanol–water partition coefficient (Wildman–Crippen LogP) is 4.16. The molecular weight excluding hydrogens is 256 g/mol. The van der Waals surface area contributed by atoms with E-state index < -0.39 is 0 Å². The van der Waals surface area contributed by atoms with Gasteiger partial charge in [-0.1, -0.05) is 53.9 Å². The first kappa shape index (κ1) is 17.3. The molecule has 1 saturated heterocycles. The van der Waals surface area contributed by atoms with Crippen molar-refractivity contribution in [2.75, 3.05) is 19.6 Å². The molecule has 0 aromatic heterocycles. The van der Waals surface area contributed by atoms with Gasteiger partial charge < -0.3 is 5.32 Å². The van der Waals surface area contributed by atoms with Gasteiger partial charge in [0.1, 0.15) is 0 Å². The van der Waals surface area contributed by atoms with Crippen molar-refractivity contribution < 1.29 is 0 Å². The largest absolute Gasteiger partial charge is 0.311 e. The number of nitrogens with one attached hydrogen (secondary N) is 1. The summed E-state index contributed by atoms with van der Waals surface area (Å²) in [5.74, 6) is 3.46. The standard InChI is InChI=1S/C19H38N2/c1-6-16(5)18-13-21(19(11-20-18)14(2)3)12-17-9-7-8-15(4)10-17/h14-20H,6-13H2,1-5H3. The summed E-state index contributed by atoms with van der Waals surface area (Å²) in [5, 5.41) is 3.84. The molecule has 1 heterocycles. The van der Waals surface area contributed by atoms with Crippen LogP contribution >= 0.6 is 0 Å². The van der Waals surface area contributed by atoms with Crippen LogP contribution in [-0.4, -0.2) is 36.6 Å². The van der Waals surface area contributed by atoms with Crippen LogP contribution in [0, 0.1) is 23.7 Å². The molecule has 124 valence electrons. The third-order valence-corrected chi connectivity index (χ3v) is 6.13. The molecule has 0 bridgehead atoms. The second kappa shape index (κ2) is 7.97. The van der Waals surface area contributed by atoms with Crippen LogP contribution in [0.4, 0.5) is 0 Å². The summed E-state index contributed by atoms with van der Waals surface area (Å²) in [6.45, 7) is 15.8. The first-order valence-corrected chi connectivity index (χ1v) is 9.48. The zero-order valence-corrected chi connectivity index (χ0v) is 15.1. The molecule has 2 fully saturated rings. The lowest BCUT2D eigenvalue weighted by atomic mass is 9.81. The van der Waals surface area contributed by atoms with E-state index in [4.69, 9.17) is 0 Å². The summed E-state index contributed by atoms with van der Waals surface area (Å²) >= 11 is 0. The molecule has 2 heteroatoms. The minimum atomic E-state index is 0.700. The fourth-order valence-electron chi connectivity index (χ4n) is 4.44. The van der Waals surface area contributed by atoms with Gasteiger partial charge in [-0.15, -0.1) is 0 Å². The SMILES string of the molecule is CCC(C)C1CN(CC2CCCC(C)C2)C(C(C)C)CN1. The van der Waals surface area contributed by atoms with E-state index in [0.29, 0.717) is 6.04 Å². The highest BCUT2D eigenvalue weighted by Crippen LogP contribution is 2.31. The van der Waals surface area contributed by atoms with Gasteiger partial charge in [0.15, 0.2) is 0 Å². The maximum Gasteiger partial charge on any atom is 0.0244 e. The number of nitrogens with zero attached hydrogens (tertiary/aromatic N) is 1. The number of hydrogen-bond acceptors (Lipinski definition) is 2. The average Bonchev–Trinajstić information content (AvgIpc) is 2.46. The summed E-state index contributed by atoms with van der Waals surface area (Å²) in [7, 11) is 0. The Hall–Kier alpha value is -0.0800. The molecule has 2 rings (SSSR count). The zero-order chi connectivity index (χ0) is 15.4. The van der Waals surface area contributed by atoms with Gasteiger partial charge in [0, 0.05) is 31.7 Å². The zero-order valence-electron chi connectivity index (χ0n) is 15.1. The Labute approximate surface area is 133 Å². The molecule has 2 aliphatic rings. The fourth-order valence-corrected chi connectivity index (χ4v) is 4.44. The van der Waals surface area contributed by atoms with E-state index in [1.807, 2.05) is 0 Å². The maximum atomic E-state index is 3.84. The van der Waals surface area contributed by atoms with Crippen LogP contribution in [0.25, 0.3) is 0 Å². The lowest BCUT2D eigenvalue weighted by Gasteiger charge is -2.46. The molecule has 5 atom stereocenters. The molecule has 0 amide bonds. The molecule has 21 heavy (non-hydrogen) atoms. The van der Waals surface area contributed by atoms with E-state index >= 15 is 0 Å². The quantitative estimate of drug-likeness (QED) is 0.819. The highest BCUT2D eigenvalue weighted by Gasteiger charge is 2.33. The normalized spacial score (nSPS) is 36.9. The second-order valence-corrected chi connectivity index (χ2v) is 8.30. The molecule has 1 saturated carbocycles. The predicted molar refractivity (Wildman–Crippen MR) is 92.6 cm³/mol. The highest BCUT2D eigenvalue weighted by atomic mass is 15.2. The summed E-state index contributed by atoms with van der Waals surface area (Å²) < 4.78 is 0. The van der Waals surface area contributed by atoms with Gasteiger partial charge in [0.05, 0.1) is 0 Å². The van der Waals surface area contributed by atoms with E-state index in [2.05, 4.69) is 44.8 Å². The molecule has 1 aliphatic carbocycles. The van der Waals surface area contributed by atoms with Gasteiger partial charge in [-0.25, -0.2) is 0 Å². The Balaban J connectivity index is 1.96. The van der Waals surface area contributed by atoms with Crippen molar-refractivity contribution >= 4 is 0 Å². The summed E-state index contributed by atoms with van der Waals surface area (Å²) in [6.07, 6.45) is 7.13. The Bertz CT molecular complexity index is 302. The van der Waals surface area contributed by atoms with Crippen LogP contribution in [-0.2, 0) is 0 Å². The summed E-state index contributed by atoms with van der Waals surface area (Å²) in [6, 6.07) is 1.44. The molecule has 2 nitrogen and oxygen atoms in total. The van der Waals surface area contributed by atoms with Gasteiger partial charge in [0.2, 0.25) is 0 Å². The van der Waals surface area contributed by atoms with Gasteiger partial charge in [-0.3, -0.25) is 4.90 Å². The van der Waals surface area contributed by atoms with Crippen LogP contribution in [0.2, 0.25) is 0 Å². The second-order valence-electron chi connectivity index (χ2n) is 8.30. The Morgan fingerprint density at radius 1 is 1.19 bits per heavy atom. The molecular formula is C19H38N2. The van der Waals surface area contributed by atoms with Crippen LogP contribution in [0.15, 0.2) is 0 Å². The minimum Gasteiger partial charge on any atom is -0.311 e. The Kier molecular flexibility index (Phi) is 6.55. The first-order valence-electron chi connectivity index (χ1n) is 9.48. The van der Waals surface area contributed by atoms with Crippen molar-refractivity contribution in [3.05, 3.63) is 0 Å². The molecule has 1 N–H and O–H groups in total. The van der Waals surface area contributed by atoms with E-state index in [0.717, 1.165) is 29.7 Å². The van der Waals surface area contributed by atoms with Crippen LogP contribution in [0.1, 0.15) is 66.7 Å². The van der Waals surface area contributed by atoms with Crippen molar-refractivity contribution in [2.45, 2.75) is 78.8 Å². The van der Waals surface area contributed by atoms with E-state index in [1.54, 1.807) is 0 Å². The van der Waals surface area contributed by atoms with E-state index in [-0.39, 0.29) is 0 Å². The molecule has 1 aliphatic heterocycles. The fraction of sp³-hybridized carbons (Fsp3) is 1.00. The summed E-state index contributed by atoms with van der Waals surface area (Å²) in [4.78, 5) is 2.85. The topological polar surface area (TPSA) is 15.3 Å². The first-order chi connectivity index (χ1) is 10.0. The number of rotatable bonds is 5. The molecule has 0 spiro atoms. The van der Waals surface area contributed by atoms with Crippen molar-refractivity contribution in [2.24, 2.45) is 23.7 Å². The average molecular weight is 295 g/mol. The van der Waals surface area contributed by atoms with E-state index in [9.17, 15) is 0 Å². The van der Waals surface area contributed by atoms with Crippen molar-refractivity contribution in [3.63, 3.8) is 0 Å². The third kappa shape index (κ3) is 4.69. The maximum absolute atomic E-state index is 3.84. The van der Waals surface area contributed by atoms with Crippen LogP contribution in [0.5, 0.6) is 0 Å². The molecule has 5 unspecified atom stereocenters. The molecule has 0 radical (unpaired) electrons. The Morgan fingerprint density at radius 3 is 2.57 bits per heavy atom. The van der Waals surface area contributed by atoms with Gasteiger partial charge in [-0.05, 0) is 36.5 Å². The highest BCUT2D eigenvalue weighted by molar-refractivity contribution is 4.91. The van der Waals surface area contributed by atoms with Gasteiger partial charge in [0.25, 0.3) is 0 Å². The smallest absolute Gasteiger partial charge is 0.0244 e. The van der Waals surface area contributed by atoms with Gasteiger partial charge in [-0.2, -0.15) is 0 Å². The third-order valence-electron chi connectivity index (χ3n) is 6.13. The van der Waals surface area contributed by atoms with Gasteiger partial charge >= 0.3 is 0 Å². The monoisotopic (exact) mass is 294 g/mol. The van der Waals surface area contributed by atoms with Crippen molar-refractivity contribution in [1.82, 2.24) is 10.2 Å². The van der Waals surface area contributed by atoms with Crippen LogP contribution < -0.4 is 5.32 Å². The lowest BCUT2D eigenvalue weighted by molar-refractivity contribution is 0.0567. The number of piperazine rings is 1. The lowest BCUT2D eigenvalue weighted by Crippen LogP contribution is -2.60. The summed E-state index contributed by atoms with van der Waals surface area (Å²) in [5.41, 5.74) is 0. The Morgan fingerprint density at radius 2 is 1.95 bits per heavy atom. The van der Waals surface area contributed by atoms with E-state index in [1.165, 1.54) is 51.7 Å².